The Balaban J connectivity index is 2.00. The standard InChI is InChI=1S/C20H17NO7/c1-2-28-19(25)20(17(23)14-5-3-4-6-15(14)18(20)24)11-16(22)12-7-9-13(10-8-12)21(26)27/h3-10,17,23H,2,11H2,1H3/t17-,20-/m0/s1. The summed E-state index contributed by atoms with van der Waals surface area (Å²) in [5.41, 5.74) is -1.76. The molecule has 0 fully saturated rings. The second-order valence-corrected chi connectivity index (χ2v) is 6.41. The summed E-state index contributed by atoms with van der Waals surface area (Å²) < 4.78 is 5.03. The van der Waals surface area contributed by atoms with Crippen molar-refractivity contribution >= 4 is 23.2 Å². The molecule has 8 nitrogen and oxygen atoms in total. The largest absolute Gasteiger partial charge is 0.465 e. The molecule has 2 aromatic rings. The molecule has 2 aromatic carbocycles. The number of nitrogens with zero attached hydrogens (tertiary/aromatic N) is 1. The first kappa shape index (κ1) is 19.4. The van der Waals surface area contributed by atoms with Crippen molar-refractivity contribution < 1.29 is 29.2 Å². The zero-order valence-corrected chi connectivity index (χ0v) is 15.0. The number of nitro groups is 1. The third kappa shape index (κ3) is 2.97. The number of non-ortho nitro benzene ring substituents is 1. The van der Waals surface area contributed by atoms with E-state index >= 15 is 0 Å². The number of ether oxygens (including phenoxy) is 1. The van der Waals surface area contributed by atoms with Crippen molar-refractivity contribution in [2.24, 2.45) is 5.41 Å². The molecule has 3 rings (SSSR count). The molecule has 28 heavy (non-hydrogen) atoms. The minimum Gasteiger partial charge on any atom is -0.465 e. The van der Waals surface area contributed by atoms with Crippen LogP contribution in [0, 0.1) is 15.5 Å². The zero-order chi connectivity index (χ0) is 20.5. The molecule has 0 radical (unpaired) electrons. The van der Waals surface area contributed by atoms with Crippen LogP contribution in [-0.4, -0.2) is 34.2 Å². The Morgan fingerprint density at radius 2 is 1.82 bits per heavy atom. The van der Waals surface area contributed by atoms with Crippen molar-refractivity contribution in [2.75, 3.05) is 6.61 Å². The molecular formula is C20H17NO7. The lowest BCUT2D eigenvalue weighted by atomic mass is 9.76. The molecule has 0 amide bonds. The second-order valence-electron chi connectivity index (χ2n) is 6.41. The van der Waals surface area contributed by atoms with E-state index in [1.807, 2.05) is 0 Å². The van der Waals surface area contributed by atoms with E-state index in [9.17, 15) is 29.6 Å². The van der Waals surface area contributed by atoms with Crippen LogP contribution in [0.1, 0.15) is 45.7 Å². The Labute approximate surface area is 159 Å². The molecular weight excluding hydrogens is 366 g/mol. The van der Waals surface area contributed by atoms with E-state index in [0.29, 0.717) is 0 Å². The fourth-order valence-corrected chi connectivity index (χ4v) is 3.41. The van der Waals surface area contributed by atoms with E-state index in [4.69, 9.17) is 4.74 Å². The first-order valence-corrected chi connectivity index (χ1v) is 8.59. The molecule has 0 spiro atoms. The van der Waals surface area contributed by atoms with Gasteiger partial charge in [0.15, 0.2) is 17.0 Å². The van der Waals surface area contributed by atoms with Crippen LogP contribution in [0.5, 0.6) is 0 Å². The Morgan fingerprint density at radius 3 is 2.39 bits per heavy atom. The number of aliphatic hydroxyl groups excluding tert-OH is 1. The van der Waals surface area contributed by atoms with Gasteiger partial charge in [-0.05, 0) is 24.6 Å². The number of ketones is 2. The Hall–Kier alpha value is -3.39. The summed E-state index contributed by atoms with van der Waals surface area (Å²) in [5.74, 6) is -2.26. The highest BCUT2D eigenvalue weighted by Crippen LogP contribution is 2.49. The predicted molar refractivity (Wildman–Crippen MR) is 96.8 cm³/mol. The van der Waals surface area contributed by atoms with Crippen molar-refractivity contribution in [2.45, 2.75) is 19.4 Å². The molecule has 1 aliphatic rings. The van der Waals surface area contributed by atoms with Crippen molar-refractivity contribution in [1.82, 2.24) is 0 Å². The van der Waals surface area contributed by atoms with E-state index < -0.39 is 40.4 Å². The summed E-state index contributed by atoms with van der Waals surface area (Å²) in [6, 6.07) is 11.0. The van der Waals surface area contributed by atoms with Gasteiger partial charge in [0.1, 0.15) is 6.10 Å². The van der Waals surface area contributed by atoms with Crippen LogP contribution >= 0.6 is 0 Å². The number of carbonyl (C=O) groups excluding carboxylic acids is 3. The predicted octanol–water partition coefficient (Wildman–Crippen LogP) is 2.65. The maximum atomic E-state index is 13.1. The molecule has 0 bridgehead atoms. The van der Waals surface area contributed by atoms with Crippen LogP contribution in [-0.2, 0) is 9.53 Å². The van der Waals surface area contributed by atoms with Gasteiger partial charge in [0.25, 0.3) is 5.69 Å². The Bertz CT molecular complexity index is 967. The average Bonchev–Trinajstić information content (AvgIpc) is 2.91. The van der Waals surface area contributed by atoms with E-state index in [-0.39, 0.29) is 29.0 Å². The number of Topliss-reactive ketones (excluding diaryl/α,β-unsaturated/α-hetero) is 2. The van der Waals surface area contributed by atoms with Crippen LogP contribution in [0.25, 0.3) is 0 Å². The van der Waals surface area contributed by atoms with Crippen LogP contribution in [0.3, 0.4) is 0 Å². The third-order valence-corrected chi connectivity index (χ3v) is 4.85. The van der Waals surface area contributed by atoms with E-state index in [1.165, 1.54) is 24.3 Å². The van der Waals surface area contributed by atoms with Crippen molar-refractivity contribution in [3.63, 3.8) is 0 Å². The highest BCUT2D eigenvalue weighted by atomic mass is 16.6. The molecule has 0 heterocycles. The van der Waals surface area contributed by atoms with Gasteiger partial charge in [-0.3, -0.25) is 24.5 Å². The topological polar surface area (TPSA) is 124 Å². The van der Waals surface area contributed by atoms with Gasteiger partial charge in [-0.1, -0.05) is 24.3 Å². The number of aliphatic hydroxyl groups is 1. The van der Waals surface area contributed by atoms with Gasteiger partial charge in [-0.25, -0.2) is 0 Å². The fraction of sp³-hybridized carbons (Fsp3) is 0.250. The minimum atomic E-state index is -2.08. The second kappa shape index (κ2) is 7.32. The van der Waals surface area contributed by atoms with Crippen LogP contribution in [0.4, 0.5) is 5.69 Å². The van der Waals surface area contributed by atoms with Crippen LogP contribution in [0.2, 0.25) is 0 Å². The molecule has 0 aliphatic heterocycles. The van der Waals surface area contributed by atoms with E-state index in [1.54, 1.807) is 19.1 Å². The quantitative estimate of drug-likeness (QED) is 0.267. The lowest BCUT2D eigenvalue weighted by molar-refractivity contribution is -0.384. The van der Waals surface area contributed by atoms with Gasteiger partial charge in [0.05, 0.1) is 11.5 Å². The van der Waals surface area contributed by atoms with Gasteiger partial charge in [-0.2, -0.15) is 0 Å². The van der Waals surface area contributed by atoms with Crippen molar-refractivity contribution in [1.29, 1.82) is 0 Å². The molecule has 8 heteroatoms. The highest BCUT2D eigenvalue weighted by molar-refractivity contribution is 6.19. The molecule has 1 aliphatic carbocycles. The molecule has 0 aromatic heterocycles. The summed E-state index contributed by atoms with van der Waals surface area (Å²) >= 11 is 0. The molecule has 2 atom stereocenters. The zero-order valence-electron chi connectivity index (χ0n) is 15.0. The lowest BCUT2D eigenvalue weighted by Gasteiger charge is -2.28. The van der Waals surface area contributed by atoms with Gasteiger partial charge in [0, 0.05) is 29.7 Å². The number of hydrogen-bond acceptors (Lipinski definition) is 7. The highest BCUT2D eigenvalue weighted by Gasteiger charge is 2.60. The third-order valence-electron chi connectivity index (χ3n) is 4.85. The van der Waals surface area contributed by atoms with E-state index in [2.05, 4.69) is 0 Å². The van der Waals surface area contributed by atoms with Gasteiger partial charge >= 0.3 is 5.97 Å². The van der Waals surface area contributed by atoms with Crippen molar-refractivity contribution in [3.8, 4) is 0 Å². The number of esters is 1. The number of benzene rings is 2. The Kier molecular flexibility index (Phi) is 5.06. The van der Waals surface area contributed by atoms with Crippen molar-refractivity contribution in [3.05, 3.63) is 75.3 Å². The summed E-state index contributed by atoms with van der Waals surface area (Å²) in [4.78, 5) is 48.7. The first-order valence-electron chi connectivity index (χ1n) is 8.59. The number of carbonyl (C=O) groups is 3. The number of fused-ring (bicyclic) bond motifs is 1. The summed E-state index contributed by atoms with van der Waals surface area (Å²) in [6.07, 6.45) is -2.14. The summed E-state index contributed by atoms with van der Waals surface area (Å²) in [5, 5.41) is 21.6. The minimum absolute atomic E-state index is 0.0251. The van der Waals surface area contributed by atoms with Crippen LogP contribution in [0.15, 0.2) is 48.5 Å². The first-order chi connectivity index (χ1) is 13.3. The molecule has 0 unspecified atom stereocenters. The Morgan fingerprint density at radius 1 is 1.18 bits per heavy atom. The number of nitro benzene ring substituents is 1. The number of hydrogen-bond donors (Lipinski definition) is 1. The van der Waals surface area contributed by atoms with E-state index in [0.717, 1.165) is 12.1 Å². The molecule has 1 N–H and O–H groups in total. The summed E-state index contributed by atoms with van der Waals surface area (Å²) in [7, 11) is 0. The monoisotopic (exact) mass is 383 g/mol. The lowest BCUT2D eigenvalue weighted by Crippen LogP contribution is -2.43. The molecule has 144 valence electrons. The van der Waals surface area contributed by atoms with Gasteiger partial charge in [0.2, 0.25) is 0 Å². The van der Waals surface area contributed by atoms with Gasteiger partial charge in [-0.15, -0.1) is 0 Å². The normalized spacial score (nSPS) is 20.5. The maximum absolute atomic E-state index is 13.1. The maximum Gasteiger partial charge on any atom is 0.323 e. The smallest absolute Gasteiger partial charge is 0.323 e. The van der Waals surface area contributed by atoms with Gasteiger partial charge < -0.3 is 9.84 Å². The molecule has 0 saturated carbocycles. The SMILES string of the molecule is CCOC(=O)[C@]1(CC(=O)c2ccc([N+](=O)[O-])cc2)C(=O)c2ccccc2[C@@H]1O. The fourth-order valence-electron chi connectivity index (χ4n) is 3.41. The number of rotatable bonds is 6. The van der Waals surface area contributed by atoms with Crippen LogP contribution < -0.4 is 0 Å². The summed E-state index contributed by atoms with van der Waals surface area (Å²) in [6.45, 7) is 1.53. The molecule has 0 saturated heterocycles. The average molecular weight is 383 g/mol.